The van der Waals surface area contributed by atoms with Crippen LogP contribution in [0.1, 0.15) is 21.5 Å². The van der Waals surface area contributed by atoms with Gasteiger partial charge in [-0.1, -0.05) is 0 Å². The molecule has 0 unspecified atom stereocenters. The fourth-order valence-corrected chi connectivity index (χ4v) is 3.04. The number of rotatable bonds is 6. The Hall–Kier alpha value is -2.55. The fraction of sp³-hybridized carbons (Fsp3) is 0.267. The van der Waals surface area contributed by atoms with Gasteiger partial charge in [-0.2, -0.15) is 13.9 Å². The van der Waals surface area contributed by atoms with Gasteiger partial charge in [0.05, 0.1) is 19.5 Å². The van der Waals surface area contributed by atoms with Gasteiger partial charge in [0.1, 0.15) is 10.6 Å². The van der Waals surface area contributed by atoms with E-state index in [2.05, 4.69) is 21.5 Å². The number of methoxy groups -OCH3 is 1. The summed E-state index contributed by atoms with van der Waals surface area (Å²) in [6, 6.07) is 1.67. The summed E-state index contributed by atoms with van der Waals surface area (Å²) in [4.78, 5) is 16.9. The Morgan fingerprint density at radius 1 is 1.50 bits per heavy atom. The number of ether oxygens (including phenoxy) is 2. The minimum atomic E-state index is -2.92. The largest absolute Gasteiger partial charge is 0.465 e. The van der Waals surface area contributed by atoms with E-state index in [1.54, 1.807) is 6.07 Å². The molecule has 2 aromatic heterocycles. The Bertz CT molecular complexity index is 796. The Morgan fingerprint density at radius 3 is 2.79 bits per heavy atom. The number of allylic oxidation sites excluding steroid dienone is 1. The predicted molar refractivity (Wildman–Crippen MR) is 87.9 cm³/mol. The second-order valence-electron chi connectivity index (χ2n) is 4.67. The van der Waals surface area contributed by atoms with Gasteiger partial charge in [-0.05, 0) is 26.6 Å². The van der Waals surface area contributed by atoms with Crippen LogP contribution >= 0.6 is 11.3 Å². The van der Waals surface area contributed by atoms with E-state index >= 15 is 0 Å². The van der Waals surface area contributed by atoms with Crippen LogP contribution in [-0.2, 0) is 9.47 Å². The summed E-state index contributed by atoms with van der Waals surface area (Å²) in [7, 11) is 1.31. The minimum absolute atomic E-state index is 0.0261. The molecule has 0 amide bonds. The third-order valence-electron chi connectivity index (χ3n) is 3.09. The highest BCUT2D eigenvalue weighted by Crippen LogP contribution is 2.37. The molecule has 0 fully saturated rings. The molecule has 0 atom stereocenters. The van der Waals surface area contributed by atoms with Gasteiger partial charge in [0.2, 0.25) is 0 Å². The van der Waals surface area contributed by atoms with Crippen molar-refractivity contribution in [3.05, 3.63) is 27.8 Å². The van der Waals surface area contributed by atoms with E-state index in [9.17, 15) is 13.6 Å². The molecule has 0 spiro atoms. The van der Waals surface area contributed by atoms with Crippen molar-refractivity contribution in [2.24, 2.45) is 4.99 Å². The average molecular weight is 355 g/mol. The lowest BCUT2D eigenvalue weighted by molar-refractivity contribution is -0.0946. The van der Waals surface area contributed by atoms with Crippen LogP contribution in [0, 0.1) is 6.92 Å². The molecule has 0 bridgehead atoms. The van der Waals surface area contributed by atoms with Gasteiger partial charge in [0, 0.05) is 16.0 Å². The van der Waals surface area contributed by atoms with Gasteiger partial charge < -0.3 is 9.47 Å². The first-order valence-corrected chi connectivity index (χ1v) is 7.55. The molecule has 2 rings (SSSR count). The molecule has 0 radical (unpaired) electrons. The van der Waals surface area contributed by atoms with E-state index < -0.39 is 12.6 Å². The number of thiophene rings is 1. The zero-order valence-electron chi connectivity index (χ0n) is 13.2. The van der Waals surface area contributed by atoms with Crippen molar-refractivity contribution >= 4 is 36.0 Å². The van der Waals surface area contributed by atoms with Gasteiger partial charge in [-0.25, -0.2) is 14.5 Å². The van der Waals surface area contributed by atoms with Gasteiger partial charge in [0.15, 0.2) is 5.82 Å². The molecule has 0 aliphatic carbocycles. The molecule has 0 aliphatic heterocycles. The number of aromatic nitrogens is 2. The fourth-order valence-electron chi connectivity index (χ4n) is 2.09. The van der Waals surface area contributed by atoms with Crippen LogP contribution in [0.5, 0.6) is 0 Å². The van der Waals surface area contributed by atoms with Crippen molar-refractivity contribution in [3.63, 3.8) is 0 Å². The first-order valence-electron chi connectivity index (χ1n) is 6.74. The molecule has 0 aliphatic rings. The van der Waals surface area contributed by atoms with Crippen LogP contribution in [0.3, 0.4) is 0 Å². The number of carbonyl (C=O) groups is 1. The molecule has 128 valence electrons. The van der Waals surface area contributed by atoms with Crippen molar-refractivity contribution in [2.45, 2.75) is 20.5 Å². The molecule has 0 aromatic carbocycles. The first-order chi connectivity index (χ1) is 11.4. The maximum absolute atomic E-state index is 12.2. The SMILES string of the molecule is C=Nc1c(-c2cc(C(=O)OC)sc2C)cnn1/C=C(\C)OC(F)F. The van der Waals surface area contributed by atoms with Gasteiger partial charge in [-0.15, -0.1) is 11.3 Å². The van der Waals surface area contributed by atoms with E-state index in [1.807, 2.05) is 6.92 Å². The van der Waals surface area contributed by atoms with E-state index in [4.69, 9.17) is 4.74 Å². The number of alkyl halides is 2. The number of aryl methyl sites for hydroxylation is 1. The lowest BCUT2D eigenvalue weighted by atomic mass is 10.1. The quantitative estimate of drug-likeness (QED) is 0.445. The Morgan fingerprint density at radius 2 is 2.21 bits per heavy atom. The lowest BCUT2D eigenvalue weighted by Crippen LogP contribution is -1.98. The Balaban J connectivity index is 2.45. The number of nitrogens with zero attached hydrogens (tertiary/aromatic N) is 3. The molecule has 9 heteroatoms. The summed E-state index contributed by atoms with van der Waals surface area (Å²) in [5.41, 5.74) is 1.37. The number of halogens is 2. The van der Waals surface area contributed by atoms with E-state index in [0.29, 0.717) is 16.3 Å². The summed E-state index contributed by atoms with van der Waals surface area (Å²) in [6.07, 6.45) is 2.80. The standard InChI is InChI=1S/C15H15F2N3O3S/c1-8(23-15(16)17)7-20-13(18-3)11(6-19-20)10-5-12(14(21)22-4)24-9(10)2/h5-7,15H,3H2,1-2,4H3/b8-7+. The first kappa shape index (κ1) is 17.8. The topological polar surface area (TPSA) is 65.7 Å². The summed E-state index contributed by atoms with van der Waals surface area (Å²) >= 11 is 1.28. The van der Waals surface area contributed by atoms with Crippen molar-refractivity contribution in [3.8, 4) is 11.1 Å². The zero-order chi connectivity index (χ0) is 17.9. The predicted octanol–water partition coefficient (Wildman–Crippen LogP) is 4.10. The van der Waals surface area contributed by atoms with Gasteiger partial charge in [-0.3, -0.25) is 0 Å². The highest BCUT2D eigenvalue weighted by atomic mass is 32.1. The van der Waals surface area contributed by atoms with Crippen molar-refractivity contribution < 1.29 is 23.0 Å². The molecule has 0 saturated carbocycles. The molecule has 2 aromatic rings. The van der Waals surface area contributed by atoms with Crippen LogP contribution < -0.4 is 0 Å². The summed E-state index contributed by atoms with van der Waals surface area (Å²) in [6.45, 7) is 3.80. The van der Waals surface area contributed by atoms with Crippen LogP contribution in [0.25, 0.3) is 17.3 Å². The highest BCUT2D eigenvalue weighted by Gasteiger charge is 2.18. The monoisotopic (exact) mass is 355 g/mol. The maximum atomic E-state index is 12.2. The average Bonchev–Trinajstić information content (AvgIpc) is 3.08. The summed E-state index contributed by atoms with van der Waals surface area (Å²) in [5, 5.41) is 4.10. The number of aliphatic imine (C=N–C) groups is 1. The Kier molecular flexibility index (Phi) is 5.45. The molecule has 0 saturated heterocycles. The van der Waals surface area contributed by atoms with Gasteiger partial charge >= 0.3 is 12.6 Å². The number of hydrogen-bond donors (Lipinski definition) is 0. The minimum Gasteiger partial charge on any atom is -0.465 e. The smallest absolute Gasteiger partial charge is 0.387 e. The van der Waals surface area contributed by atoms with Crippen LogP contribution in [0.15, 0.2) is 23.0 Å². The van der Waals surface area contributed by atoms with E-state index in [1.165, 1.54) is 42.4 Å². The van der Waals surface area contributed by atoms with Crippen molar-refractivity contribution in [1.29, 1.82) is 0 Å². The molecular weight excluding hydrogens is 340 g/mol. The van der Waals surface area contributed by atoms with Crippen LogP contribution in [-0.4, -0.2) is 36.2 Å². The second kappa shape index (κ2) is 7.35. The molecule has 24 heavy (non-hydrogen) atoms. The lowest BCUT2D eigenvalue weighted by Gasteiger charge is -2.05. The normalized spacial score (nSPS) is 11.7. The van der Waals surface area contributed by atoms with Crippen molar-refractivity contribution in [2.75, 3.05) is 7.11 Å². The van der Waals surface area contributed by atoms with Crippen LogP contribution in [0.2, 0.25) is 0 Å². The third-order valence-corrected chi connectivity index (χ3v) is 4.12. The van der Waals surface area contributed by atoms with E-state index in [-0.39, 0.29) is 5.76 Å². The molecular formula is C15H15F2N3O3S. The second-order valence-corrected chi connectivity index (χ2v) is 5.93. The molecule has 2 heterocycles. The summed E-state index contributed by atoms with van der Waals surface area (Å²) < 4.78 is 34.8. The highest BCUT2D eigenvalue weighted by molar-refractivity contribution is 7.14. The molecule has 0 N–H and O–H groups in total. The Labute approximate surface area is 141 Å². The van der Waals surface area contributed by atoms with Crippen molar-refractivity contribution in [1.82, 2.24) is 9.78 Å². The van der Waals surface area contributed by atoms with Gasteiger partial charge in [0.25, 0.3) is 0 Å². The zero-order valence-corrected chi connectivity index (χ0v) is 14.1. The third kappa shape index (κ3) is 3.67. The number of hydrogen-bond acceptors (Lipinski definition) is 6. The number of carbonyl (C=O) groups excluding carboxylic acids is 1. The maximum Gasteiger partial charge on any atom is 0.387 e. The van der Waals surface area contributed by atoms with Crippen LogP contribution in [0.4, 0.5) is 14.6 Å². The number of esters is 1. The summed E-state index contributed by atoms with van der Waals surface area (Å²) in [5.74, 6) is -0.109. The molecule has 6 nitrogen and oxygen atoms in total. The van der Waals surface area contributed by atoms with E-state index in [0.717, 1.165) is 10.4 Å².